The zero-order chi connectivity index (χ0) is 42.6. The van der Waals surface area contributed by atoms with Gasteiger partial charge in [0.1, 0.15) is 17.7 Å². The predicted octanol–water partition coefficient (Wildman–Crippen LogP) is 14.7. The monoisotopic (exact) mass is 829 g/mol. The van der Waals surface area contributed by atoms with Crippen LogP contribution in [0.1, 0.15) is 45.1 Å². The first-order chi connectivity index (χ1) is 32.2. The molecule has 65 heavy (non-hydrogen) atoms. The first kappa shape index (κ1) is 36.1. The predicted molar refractivity (Wildman–Crippen MR) is 266 cm³/mol. The number of rotatable bonds is 4. The molecule has 0 saturated heterocycles. The van der Waals surface area contributed by atoms with E-state index in [4.69, 9.17) is 9.73 Å². The highest BCUT2D eigenvalue weighted by Crippen LogP contribution is 2.64. The molecule has 1 N–H and O–H groups in total. The summed E-state index contributed by atoms with van der Waals surface area (Å²) in [5, 5.41) is 10.9. The summed E-state index contributed by atoms with van der Waals surface area (Å²) in [6.45, 7) is 0. The third-order valence-corrected chi connectivity index (χ3v) is 14.1. The Hall–Kier alpha value is -8.47. The minimum absolute atomic E-state index is 0.287. The van der Waals surface area contributed by atoms with Crippen molar-refractivity contribution in [1.82, 2.24) is 9.88 Å². The Morgan fingerprint density at radius 1 is 0.446 bits per heavy atom. The number of nitrogens with one attached hydrogen (secondary N) is 1. The van der Waals surface area contributed by atoms with Gasteiger partial charge in [-0.3, -0.25) is 4.99 Å². The van der Waals surface area contributed by atoms with Crippen LogP contribution in [0.4, 0.5) is 0 Å². The minimum atomic E-state index is -0.646. The number of allylic oxidation sites excluding steroid dienone is 1. The van der Waals surface area contributed by atoms with Crippen LogP contribution < -0.4 is 10.1 Å². The number of ether oxygens (including phenoxy) is 1. The molecule has 0 saturated carbocycles. The summed E-state index contributed by atoms with van der Waals surface area (Å²) < 4.78 is 9.59. The largest absolute Gasteiger partial charge is 0.455 e. The Balaban J connectivity index is 0.963. The minimum Gasteiger partial charge on any atom is -0.455 e. The second-order valence-electron chi connectivity index (χ2n) is 17.4. The lowest BCUT2D eigenvalue weighted by Gasteiger charge is -2.40. The summed E-state index contributed by atoms with van der Waals surface area (Å²) in [6, 6.07) is 79.2. The summed E-state index contributed by atoms with van der Waals surface area (Å²) in [5.74, 6) is 1.83. The van der Waals surface area contributed by atoms with Crippen molar-refractivity contribution >= 4 is 54.8 Å². The van der Waals surface area contributed by atoms with Crippen LogP contribution in [-0.4, -0.2) is 10.3 Å². The van der Waals surface area contributed by atoms with Crippen molar-refractivity contribution in [2.45, 2.75) is 11.6 Å². The molecule has 1 spiro atoms. The van der Waals surface area contributed by atoms with E-state index in [1.165, 1.54) is 44.1 Å². The van der Waals surface area contributed by atoms with Crippen LogP contribution in [0.5, 0.6) is 11.5 Å². The maximum atomic E-state index is 7.23. The van der Waals surface area contributed by atoms with E-state index in [1.807, 2.05) is 0 Å². The average Bonchev–Trinajstić information content (AvgIpc) is 3.87. The zero-order valence-corrected chi connectivity index (χ0v) is 35.2. The van der Waals surface area contributed by atoms with Crippen LogP contribution in [0.25, 0.3) is 65.9 Å². The lowest BCUT2D eigenvalue weighted by molar-refractivity contribution is 0.447. The van der Waals surface area contributed by atoms with Gasteiger partial charge in [-0.05, 0) is 86.1 Å². The van der Waals surface area contributed by atoms with Crippen LogP contribution in [-0.2, 0) is 5.41 Å². The molecule has 2 aliphatic heterocycles. The van der Waals surface area contributed by atoms with Crippen LogP contribution in [0.2, 0.25) is 0 Å². The van der Waals surface area contributed by atoms with Gasteiger partial charge in [-0.25, -0.2) is 0 Å². The van der Waals surface area contributed by atoms with E-state index in [1.54, 1.807) is 0 Å². The molecular formula is C61H39N3O. The molecule has 11 aromatic rings. The molecule has 4 heteroatoms. The average molecular weight is 830 g/mol. The zero-order valence-electron chi connectivity index (χ0n) is 35.2. The number of para-hydroxylation sites is 2. The molecule has 1 unspecified atom stereocenters. The van der Waals surface area contributed by atoms with Gasteiger partial charge in [0.15, 0.2) is 0 Å². The molecule has 304 valence electrons. The van der Waals surface area contributed by atoms with Crippen LogP contribution in [0, 0.1) is 0 Å². The Morgan fingerprint density at radius 2 is 1.00 bits per heavy atom. The molecular weight excluding hydrogens is 791 g/mol. The molecule has 10 aromatic carbocycles. The topological polar surface area (TPSA) is 38.5 Å². The SMILES string of the molecule is C1=C(c2ccc3c(c2)C2(c4ccccc4-3)c3ccc4ccccc4c3Oc3c2ccc2ccccc32)NC(c2ccccc2)N=C1c1ccc(-n2c3ccccc3c3ccccc32)cc1. The van der Waals surface area contributed by atoms with Gasteiger partial charge in [0.2, 0.25) is 0 Å². The van der Waals surface area contributed by atoms with E-state index >= 15 is 0 Å². The normalized spacial score (nSPS) is 15.5. The fraction of sp³-hybridized carbons (Fsp3) is 0.0328. The fourth-order valence-electron chi connectivity index (χ4n) is 11.2. The van der Waals surface area contributed by atoms with E-state index in [2.05, 4.69) is 234 Å². The number of hydrogen-bond acceptors (Lipinski definition) is 3. The van der Waals surface area contributed by atoms with Crippen molar-refractivity contribution in [3.05, 3.63) is 263 Å². The Morgan fingerprint density at radius 3 is 1.68 bits per heavy atom. The molecule has 3 heterocycles. The van der Waals surface area contributed by atoms with Gasteiger partial charge in [-0.1, -0.05) is 188 Å². The van der Waals surface area contributed by atoms with Gasteiger partial charge in [-0.2, -0.15) is 0 Å². The van der Waals surface area contributed by atoms with Gasteiger partial charge < -0.3 is 14.6 Å². The van der Waals surface area contributed by atoms with E-state index in [0.29, 0.717) is 0 Å². The van der Waals surface area contributed by atoms with Crippen molar-refractivity contribution in [2.24, 2.45) is 4.99 Å². The number of aliphatic imine (C=N–C) groups is 1. The number of nitrogens with zero attached hydrogens (tertiary/aromatic N) is 2. The number of fused-ring (bicyclic) bond motifs is 16. The molecule has 1 atom stereocenters. The number of benzene rings is 10. The molecule has 0 fully saturated rings. The van der Waals surface area contributed by atoms with Gasteiger partial charge in [-0.15, -0.1) is 0 Å². The molecule has 1 aromatic heterocycles. The Labute approximate surface area is 376 Å². The molecule has 3 aliphatic rings. The molecule has 4 nitrogen and oxygen atoms in total. The quantitative estimate of drug-likeness (QED) is 0.192. The number of hydrogen-bond donors (Lipinski definition) is 1. The van der Waals surface area contributed by atoms with Gasteiger partial charge in [0.25, 0.3) is 0 Å². The summed E-state index contributed by atoms with van der Waals surface area (Å²) in [7, 11) is 0. The second kappa shape index (κ2) is 13.8. The number of aromatic nitrogens is 1. The van der Waals surface area contributed by atoms with Crippen LogP contribution in [0.15, 0.2) is 229 Å². The van der Waals surface area contributed by atoms with Crippen molar-refractivity contribution in [2.75, 3.05) is 0 Å². The Bertz CT molecular complexity index is 3700. The maximum Gasteiger partial charge on any atom is 0.145 e. The van der Waals surface area contributed by atoms with Gasteiger partial charge >= 0.3 is 0 Å². The fourth-order valence-corrected chi connectivity index (χ4v) is 11.2. The summed E-state index contributed by atoms with van der Waals surface area (Å²) in [6.07, 6.45) is 1.95. The maximum absolute atomic E-state index is 7.23. The highest BCUT2D eigenvalue weighted by molar-refractivity contribution is 6.14. The molecule has 0 radical (unpaired) electrons. The lowest BCUT2D eigenvalue weighted by atomic mass is 9.65. The molecule has 14 rings (SSSR count). The first-order valence-corrected chi connectivity index (χ1v) is 22.4. The summed E-state index contributed by atoms with van der Waals surface area (Å²) >= 11 is 0. The lowest BCUT2D eigenvalue weighted by Crippen LogP contribution is -2.32. The molecule has 0 bridgehead atoms. The van der Waals surface area contributed by atoms with Crippen LogP contribution in [0.3, 0.4) is 0 Å². The molecule has 1 aliphatic carbocycles. The molecule has 0 amide bonds. The Kier molecular flexibility index (Phi) is 7.63. The van der Waals surface area contributed by atoms with E-state index in [0.717, 1.165) is 78.0 Å². The van der Waals surface area contributed by atoms with E-state index < -0.39 is 5.41 Å². The van der Waals surface area contributed by atoms with Crippen molar-refractivity contribution in [1.29, 1.82) is 0 Å². The van der Waals surface area contributed by atoms with E-state index in [-0.39, 0.29) is 6.17 Å². The van der Waals surface area contributed by atoms with E-state index in [9.17, 15) is 0 Å². The smallest absolute Gasteiger partial charge is 0.145 e. The van der Waals surface area contributed by atoms with Crippen molar-refractivity contribution in [3.8, 4) is 28.3 Å². The summed E-state index contributed by atoms with van der Waals surface area (Å²) in [4.78, 5) is 5.40. The van der Waals surface area contributed by atoms with Crippen molar-refractivity contribution < 1.29 is 4.74 Å². The highest BCUT2D eigenvalue weighted by Gasteiger charge is 2.52. The van der Waals surface area contributed by atoms with Gasteiger partial charge in [0.05, 0.1) is 22.2 Å². The van der Waals surface area contributed by atoms with Crippen molar-refractivity contribution in [3.63, 3.8) is 0 Å². The van der Waals surface area contributed by atoms with Crippen LogP contribution >= 0.6 is 0 Å². The first-order valence-electron chi connectivity index (χ1n) is 22.4. The van der Waals surface area contributed by atoms with Gasteiger partial charge in [0, 0.05) is 44.1 Å². The standard InChI is InChI=1S/C61H39N3O/c1-2-16-41(17-3-1)60-62-54(40-26-31-43(32-27-40)64-56-24-12-9-21-48(56)49-22-10-13-25-57(49)64)37-55(63-60)42-28-33-47-46-20-8-11-23-50(46)61(53(47)36-42)51-34-29-38-14-4-6-18-44(38)58(51)65-59-45-19-7-5-15-39(45)30-35-52(59)61/h1-37,60,63H. The summed E-state index contributed by atoms with van der Waals surface area (Å²) in [5.41, 5.74) is 15.4. The third kappa shape index (κ3) is 5.16. The third-order valence-electron chi connectivity index (χ3n) is 14.1. The second-order valence-corrected chi connectivity index (χ2v) is 17.4. The highest BCUT2D eigenvalue weighted by atomic mass is 16.5.